The van der Waals surface area contributed by atoms with Gasteiger partial charge >= 0.3 is 6.03 Å². The first-order valence-corrected chi connectivity index (χ1v) is 15.9. The number of nitrogens with zero attached hydrogens (tertiary/aromatic N) is 4. The number of piperazine rings is 1. The molecule has 11 heteroatoms. The van der Waals surface area contributed by atoms with Crippen molar-refractivity contribution in [2.45, 2.75) is 32.4 Å². The normalized spacial score (nSPS) is 14.6. The zero-order valence-corrected chi connectivity index (χ0v) is 27.9. The van der Waals surface area contributed by atoms with Gasteiger partial charge in [-0.1, -0.05) is 31.2 Å². The van der Waals surface area contributed by atoms with E-state index in [4.69, 9.17) is 0 Å². The smallest absolute Gasteiger partial charge is 0.318 e. The van der Waals surface area contributed by atoms with Crippen LogP contribution >= 0.6 is 0 Å². The largest absolute Gasteiger partial charge is 0.368 e. The number of urea groups is 1. The fourth-order valence-electron chi connectivity index (χ4n) is 6.21. The average Bonchev–Trinajstić information content (AvgIpc) is 3.47. The van der Waals surface area contributed by atoms with Crippen LogP contribution in [0.1, 0.15) is 39.9 Å². The van der Waals surface area contributed by atoms with E-state index in [0.29, 0.717) is 44.0 Å². The van der Waals surface area contributed by atoms with Crippen LogP contribution in [-0.2, 0) is 11.3 Å². The van der Waals surface area contributed by atoms with Crippen LogP contribution in [0.2, 0.25) is 0 Å². The summed E-state index contributed by atoms with van der Waals surface area (Å²) in [6.45, 7) is 6.44. The van der Waals surface area contributed by atoms with E-state index in [0.717, 1.165) is 33.3 Å². The summed E-state index contributed by atoms with van der Waals surface area (Å²) in [7, 11) is 7.24. The van der Waals surface area contributed by atoms with Crippen molar-refractivity contribution in [1.82, 2.24) is 25.0 Å². The van der Waals surface area contributed by atoms with Crippen LogP contribution in [0.3, 0.4) is 0 Å². The molecular weight excluding hydrogens is 597 g/mol. The van der Waals surface area contributed by atoms with Crippen LogP contribution in [0.5, 0.6) is 0 Å². The summed E-state index contributed by atoms with van der Waals surface area (Å²) >= 11 is 0. The van der Waals surface area contributed by atoms with Gasteiger partial charge in [0.2, 0.25) is 5.91 Å². The maximum atomic E-state index is 14.3. The summed E-state index contributed by atoms with van der Waals surface area (Å²) in [5.74, 6) is -1.36. The number of amides is 4. The zero-order chi connectivity index (χ0) is 33.8. The molecule has 1 saturated heterocycles. The molecular formula is C36H44FN7O3. The highest BCUT2D eigenvalue weighted by Crippen LogP contribution is 2.30. The van der Waals surface area contributed by atoms with E-state index in [2.05, 4.69) is 20.5 Å². The molecule has 4 aromatic rings. The minimum absolute atomic E-state index is 0.240. The molecule has 0 unspecified atom stereocenters. The lowest BCUT2D eigenvalue weighted by atomic mass is 9.92. The highest BCUT2D eigenvalue weighted by atomic mass is 19.1. The molecule has 1 aromatic heterocycles. The van der Waals surface area contributed by atoms with Gasteiger partial charge in [-0.05, 0) is 74.1 Å². The maximum Gasteiger partial charge on any atom is 0.318 e. The van der Waals surface area contributed by atoms with Crippen LogP contribution in [0, 0.1) is 12.7 Å². The number of carbonyl (C=O) groups excluding carboxylic acids is 3. The van der Waals surface area contributed by atoms with Gasteiger partial charge in [-0.25, -0.2) is 9.18 Å². The second-order valence-electron chi connectivity index (χ2n) is 12.7. The molecule has 2 heterocycles. The zero-order valence-electron chi connectivity index (χ0n) is 27.9. The van der Waals surface area contributed by atoms with Gasteiger partial charge in [0.15, 0.2) is 0 Å². The number of para-hydroxylation sites is 1. The van der Waals surface area contributed by atoms with Gasteiger partial charge in [0.05, 0.1) is 11.3 Å². The first-order valence-electron chi connectivity index (χ1n) is 15.9. The number of anilines is 2. The summed E-state index contributed by atoms with van der Waals surface area (Å²) in [5, 5.41) is 7.02. The molecule has 0 aliphatic carbocycles. The number of nitrogens with one attached hydrogen (secondary N) is 3. The Bertz CT molecular complexity index is 1760. The lowest BCUT2D eigenvalue weighted by Gasteiger charge is -2.37. The number of aromatic nitrogens is 1. The summed E-state index contributed by atoms with van der Waals surface area (Å²) in [6.07, 6.45) is 1.88. The van der Waals surface area contributed by atoms with Gasteiger partial charge in [-0.2, -0.15) is 0 Å². The molecule has 47 heavy (non-hydrogen) atoms. The SMILES string of the molecule is Cc1cc(F)ccc1N1CCN(C(=O)N[C@@H](C(=O)Nc2cc(CN(C)C)ccc2C(=O)N(C)C)[C@@H](C)c2c[nH]c3ccccc23)CC1. The highest BCUT2D eigenvalue weighted by Gasteiger charge is 2.33. The number of H-pyrrole nitrogens is 1. The second kappa shape index (κ2) is 14.3. The number of hydrogen-bond acceptors (Lipinski definition) is 5. The van der Waals surface area contributed by atoms with Crippen molar-refractivity contribution in [2.24, 2.45) is 0 Å². The van der Waals surface area contributed by atoms with Gasteiger partial charge < -0.3 is 35.2 Å². The molecule has 5 rings (SSSR count). The quantitative estimate of drug-likeness (QED) is 0.238. The van der Waals surface area contributed by atoms with E-state index < -0.39 is 17.9 Å². The van der Waals surface area contributed by atoms with E-state index in [1.807, 2.05) is 75.4 Å². The first-order chi connectivity index (χ1) is 22.4. The molecule has 10 nitrogen and oxygen atoms in total. The summed E-state index contributed by atoms with van der Waals surface area (Å²) < 4.78 is 13.7. The standard InChI is InChI=1S/C36H44FN7O3/c1-23-19-26(37)12-14-32(23)43-15-17-44(18-16-43)36(47)40-33(24(2)29-21-38-30-10-8-7-9-27(29)30)34(45)39-31-20-25(22-41(3)4)11-13-28(31)35(46)42(5)6/h7-14,19-21,24,33,38H,15-18,22H2,1-6H3,(H,39,45)(H,40,47)/t24-,33+/m0/s1. The van der Waals surface area contributed by atoms with E-state index in [9.17, 15) is 18.8 Å². The molecule has 248 valence electrons. The number of fused-ring (bicyclic) bond motifs is 1. The Labute approximate surface area is 275 Å². The Hall–Kier alpha value is -4.90. The second-order valence-corrected chi connectivity index (χ2v) is 12.7. The van der Waals surface area contributed by atoms with E-state index >= 15 is 0 Å². The average molecular weight is 642 g/mol. The fourth-order valence-corrected chi connectivity index (χ4v) is 6.21. The van der Waals surface area contributed by atoms with Gasteiger partial charge in [0.1, 0.15) is 11.9 Å². The van der Waals surface area contributed by atoms with Gasteiger partial charge in [-0.15, -0.1) is 0 Å². The number of halogens is 1. The number of hydrogen-bond donors (Lipinski definition) is 3. The third kappa shape index (κ3) is 7.57. The van der Waals surface area contributed by atoms with Gasteiger partial charge in [0, 0.05) is 75.5 Å². The molecule has 0 spiro atoms. The number of aryl methyl sites for hydroxylation is 1. The van der Waals surface area contributed by atoms with Crippen molar-refractivity contribution in [2.75, 3.05) is 64.6 Å². The van der Waals surface area contributed by atoms with Crippen LogP contribution in [-0.4, -0.2) is 97.9 Å². The van der Waals surface area contributed by atoms with Crippen LogP contribution in [0.25, 0.3) is 10.9 Å². The molecule has 3 N–H and O–H groups in total. The predicted octanol–water partition coefficient (Wildman–Crippen LogP) is 5.02. The van der Waals surface area contributed by atoms with Crippen molar-refractivity contribution in [1.29, 1.82) is 0 Å². The van der Waals surface area contributed by atoms with Gasteiger partial charge in [0.25, 0.3) is 5.91 Å². The Morgan fingerprint density at radius 2 is 1.68 bits per heavy atom. The molecule has 3 aromatic carbocycles. The highest BCUT2D eigenvalue weighted by molar-refractivity contribution is 6.06. The molecule has 0 bridgehead atoms. The topological polar surface area (TPSA) is 104 Å². The third-order valence-electron chi connectivity index (χ3n) is 8.72. The molecule has 0 saturated carbocycles. The van der Waals surface area contributed by atoms with Crippen molar-refractivity contribution in [3.05, 3.63) is 94.9 Å². The van der Waals surface area contributed by atoms with E-state index in [1.54, 1.807) is 31.1 Å². The number of aromatic amines is 1. The van der Waals surface area contributed by atoms with E-state index in [1.165, 1.54) is 17.0 Å². The fraction of sp³-hybridized carbons (Fsp3) is 0.361. The van der Waals surface area contributed by atoms with Crippen molar-refractivity contribution >= 4 is 40.1 Å². The van der Waals surface area contributed by atoms with Crippen molar-refractivity contribution < 1.29 is 18.8 Å². The first kappa shape index (κ1) is 33.5. The summed E-state index contributed by atoms with van der Waals surface area (Å²) in [6, 6.07) is 16.7. The summed E-state index contributed by atoms with van der Waals surface area (Å²) in [4.78, 5) is 51.8. The molecule has 0 radical (unpaired) electrons. The minimum atomic E-state index is -0.959. The molecule has 1 aliphatic heterocycles. The summed E-state index contributed by atoms with van der Waals surface area (Å²) in [5.41, 5.74) is 5.29. The minimum Gasteiger partial charge on any atom is -0.368 e. The Morgan fingerprint density at radius 1 is 0.957 bits per heavy atom. The molecule has 1 aliphatic rings. The van der Waals surface area contributed by atoms with E-state index in [-0.39, 0.29) is 17.8 Å². The third-order valence-corrected chi connectivity index (χ3v) is 8.72. The predicted molar refractivity (Wildman–Crippen MR) is 184 cm³/mol. The Kier molecular flexibility index (Phi) is 10.1. The maximum absolute atomic E-state index is 14.3. The van der Waals surface area contributed by atoms with Crippen LogP contribution in [0.4, 0.5) is 20.6 Å². The van der Waals surface area contributed by atoms with Crippen molar-refractivity contribution in [3.8, 4) is 0 Å². The number of benzene rings is 3. The number of rotatable bonds is 9. The Morgan fingerprint density at radius 3 is 2.36 bits per heavy atom. The molecule has 2 atom stereocenters. The monoisotopic (exact) mass is 641 g/mol. The Balaban J connectivity index is 1.41. The van der Waals surface area contributed by atoms with Crippen molar-refractivity contribution in [3.63, 3.8) is 0 Å². The number of carbonyl (C=O) groups is 3. The lowest BCUT2D eigenvalue weighted by Crippen LogP contribution is -2.56. The lowest BCUT2D eigenvalue weighted by molar-refractivity contribution is -0.118. The molecule has 4 amide bonds. The van der Waals surface area contributed by atoms with Gasteiger partial charge in [-0.3, -0.25) is 9.59 Å². The van der Waals surface area contributed by atoms with Crippen LogP contribution in [0.15, 0.2) is 66.9 Å². The molecule has 1 fully saturated rings. The van der Waals surface area contributed by atoms with Crippen LogP contribution < -0.4 is 15.5 Å².